The molecule has 13 heteroatoms. The number of ether oxygens (including phenoxy) is 5. The highest BCUT2D eigenvalue weighted by Crippen LogP contribution is 2.42. The zero-order valence-electron chi connectivity index (χ0n) is 49.6. The van der Waals surface area contributed by atoms with Crippen molar-refractivity contribution in [2.45, 2.75) is 166 Å². The van der Waals surface area contributed by atoms with Crippen molar-refractivity contribution in [2.75, 3.05) is 85.7 Å². The predicted octanol–water partition coefficient (Wildman–Crippen LogP) is 11.7. The molecule has 77 heavy (non-hydrogen) atoms. The van der Waals surface area contributed by atoms with E-state index in [9.17, 15) is 19.2 Å². The van der Waals surface area contributed by atoms with Gasteiger partial charge in [0.1, 0.15) is 6.04 Å². The number of unbranched alkanes of at least 4 members (excludes halogenated alkanes) is 1. The molecule has 2 aliphatic rings. The van der Waals surface area contributed by atoms with Crippen LogP contribution in [-0.2, 0) is 42.9 Å². The molecule has 0 unspecified atom stereocenters. The maximum atomic E-state index is 13.5. The molecule has 0 aromatic carbocycles. The summed E-state index contributed by atoms with van der Waals surface area (Å²) in [4.78, 5) is 51.4. The minimum Gasteiger partial charge on any atom is -0.379 e. The molecule has 0 fully saturated rings. The van der Waals surface area contributed by atoms with Gasteiger partial charge in [-0.15, -0.1) is 0 Å². The molecule has 0 aliphatic heterocycles. The number of carbonyl (C=O) groups is 4. The lowest BCUT2D eigenvalue weighted by molar-refractivity contribution is -0.127. The number of carbonyl (C=O) groups excluding carboxylic acids is 4. The van der Waals surface area contributed by atoms with Crippen LogP contribution < -0.4 is 21.3 Å². The van der Waals surface area contributed by atoms with Gasteiger partial charge in [-0.2, -0.15) is 0 Å². The average molecular weight is 1070 g/mol. The van der Waals surface area contributed by atoms with Gasteiger partial charge in [0.15, 0.2) is 0 Å². The van der Waals surface area contributed by atoms with Gasteiger partial charge in [0.05, 0.1) is 46.2 Å². The highest BCUT2D eigenvalue weighted by molar-refractivity contribution is 5.93. The van der Waals surface area contributed by atoms with Crippen LogP contribution >= 0.6 is 0 Å². The summed E-state index contributed by atoms with van der Waals surface area (Å²) in [5.74, 6) is -0.837. The van der Waals surface area contributed by atoms with Gasteiger partial charge in [-0.05, 0) is 152 Å². The van der Waals surface area contributed by atoms with Gasteiger partial charge in [0, 0.05) is 58.0 Å². The van der Waals surface area contributed by atoms with E-state index in [1.165, 1.54) is 54.1 Å². The Kier molecular flexibility index (Phi) is 35.7. The molecule has 2 rings (SSSR count). The van der Waals surface area contributed by atoms with E-state index in [0.717, 1.165) is 48.2 Å². The first kappa shape index (κ1) is 68.2. The van der Waals surface area contributed by atoms with Crippen molar-refractivity contribution >= 4 is 23.6 Å². The fourth-order valence-corrected chi connectivity index (χ4v) is 9.17. The van der Waals surface area contributed by atoms with Crippen LogP contribution in [0.5, 0.6) is 0 Å². The standard InChI is InChI=1S/C64H102N4O9/c1-12-38-73-42-45-76-41-32-59(69)65-36-19-39-74-43-46-77-47-44-75-40-20-37-67-62(72)58(68-61(71)49-53(5)24-16-22-51(3)29-31-57-55(7)26-18-34-64(57,10)11)27-13-14-35-66-60(70)48-52(4)23-15-21-50(2)28-30-56-54(6)25-17-33-63(56,8)9/h15-16,21-24,28-31,48-49,58H,12-14,17-20,25-27,32-47H2,1-11H3,(H,65,69)(H,66,70)(H,67,72)(H,68,71)/b23-15+,24-16+,30-28+,31-29+,50-21+,51-22+,52-48+,53-49+/t58-/m0/s1. The second kappa shape index (κ2) is 40.3. The third kappa shape index (κ3) is 32.6. The smallest absolute Gasteiger partial charge is 0.244 e. The first-order valence-electron chi connectivity index (χ1n) is 28.7. The molecule has 0 radical (unpaired) electrons. The average Bonchev–Trinajstić information content (AvgIpc) is 3.35. The summed E-state index contributed by atoms with van der Waals surface area (Å²) >= 11 is 0. The second-order valence-corrected chi connectivity index (χ2v) is 21.9. The zero-order chi connectivity index (χ0) is 56.7. The Morgan fingerprint density at radius 1 is 0.532 bits per heavy atom. The number of hydrogen-bond donors (Lipinski definition) is 4. The number of amides is 4. The molecule has 0 spiro atoms. The van der Waals surface area contributed by atoms with Crippen LogP contribution in [0, 0.1) is 10.8 Å². The van der Waals surface area contributed by atoms with E-state index < -0.39 is 6.04 Å². The van der Waals surface area contributed by atoms with Crippen molar-refractivity contribution < 1.29 is 42.9 Å². The summed E-state index contributed by atoms with van der Waals surface area (Å²) in [6.07, 6.45) is 35.2. The Morgan fingerprint density at radius 2 is 0.987 bits per heavy atom. The van der Waals surface area contributed by atoms with Gasteiger partial charge >= 0.3 is 0 Å². The van der Waals surface area contributed by atoms with E-state index in [1.807, 2.05) is 44.2 Å². The van der Waals surface area contributed by atoms with E-state index in [2.05, 4.69) is 114 Å². The fraction of sp³-hybridized carbons (Fsp3) is 0.625. The van der Waals surface area contributed by atoms with Crippen LogP contribution in [0.4, 0.5) is 0 Å². The maximum Gasteiger partial charge on any atom is 0.244 e. The van der Waals surface area contributed by atoms with Gasteiger partial charge < -0.3 is 45.0 Å². The van der Waals surface area contributed by atoms with Crippen LogP contribution in [0.15, 0.2) is 117 Å². The maximum absolute atomic E-state index is 13.5. The lowest BCUT2D eigenvalue weighted by Crippen LogP contribution is -2.46. The van der Waals surface area contributed by atoms with E-state index >= 15 is 0 Å². The highest BCUT2D eigenvalue weighted by atomic mass is 16.5. The molecule has 4 amide bonds. The zero-order valence-corrected chi connectivity index (χ0v) is 49.6. The summed E-state index contributed by atoms with van der Waals surface area (Å²) in [5, 5.41) is 11.7. The minimum atomic E-state index is -0.754. The van der Waals surface area contributed by atoms with E-state index in [1.54, 1.807) is 6.08 Å². The van der Waals surface area contributed by atoms with Crippen molar-refractivity contribution in [3.05, 3.63) is 117 Å². The van der Waals surface area contributed by atoms with Crippen molar-refractivity contribution in [3.63, 3.8) is 0 Å². The Hall–Kier alpha value is -4.92. The topological polar surface area (TPSA) is 163 Å². The minimum absolute atomic E-state index is 0.0427. The quantitative estimate of drug-likeness (QED) is 0.0267. The van der Waals surface area contributed by atoms with Gasteiger partial charge in [0.2, 0.25) is 23.6 Å². The number of hydrogen-bond acceptors (Lipinski definition) is 9. The molecule has 2 aliphatic carbocycles. The number of nitrogens with one attached hydrogen (secondary N) is 4. The van der Waals surface area contributed by atoms with Crippen molar-refractivity contribution in [1.82, 2.24) is 21.3 Å². The molecule has 1 atom stereocenters. The van der Waals surface area contributed by atoms with Crippen molar-refractivity contribution in [3.8, 4) is 0 Å². The Labute approximate surface area is 465 Å². The molecule has 13 nitrogen and oxygen atoms in total. The van der Waals surface area contributed by atoms with E-state index in [4.69, 9.17) is 23.7 Å². The molecule has 0 saturated heterocycles. The normalized spacial score (nSPS) is 17.1. The first-order chi connectivity index (χ1) is 36.8. The van der Waals surface area contributed by atoms with E-state index in [-0.39, 0.29) is 34.5 Å². The van der Waals surface area contributed by atoms with E-state index in [0.29, 0.717) is 118 Å². The van der Waals surface area contributed by atoms with Crippen LogP contribution in [0.2, 0.25) is 0 Å². The monoisotopic (exact) mass is 1070 g/mol. The van der Waals surface area contributed by atoms with Crippen LogP contribution in [0.1, 0.15) is 160 Å². The SMILES string of the molecule is CCCOCCOCCC(=O)NCCCOCCOCCOCCCNC(=O)[C@H](CCCCNC(=O)/C=C(C)/C=C/C=C(C)/C=C/C1=C(C)CCCC1(C)C)NC(=O)/C=C(C)/C=C/C=C(C)/C=C/C1=C(C)CCCC1(C)C. The molecule has 0 aromatic heterocycles. The first-order valence-corrected chi connectivity index (χ1v) is 28.7. The van der Waals surface area contributed by atoms with Crippen molar-refractivity contribution in [1.29, 1.82) is 0 Å². The Bertz CT molecular complexity index is 2120. The second-order valence-electron chi connectivity index (χ2n) is 21.9. The van der Waals surface area contributed by atoms with Crippen LogP contribution in [0.3, 0.4) is 0 Å². The Balaban J connectivity index is 1.81. The predicted molar refractivity (Wildman–Crippen MR) is 315 cm³/mol. The Morgan fingerprint density at radius 3 is 1.49 bits per heavy atom. The number of allylic oxidation sites excluding steroid dienone is 18. The molecular formula is C64H102N4O9. The van der Waals surface area contributed by atoms with Crippen molar-refractivity contribution in [2.24, 2.45) is 10.8 Å². The van der Waals surface area contributed by atoms with Crippen LogP contribution in [0.25, 0.3) is 0 Å². The molecule has 0 aromatic rings. The van der Waals surface area contributed by atoms with Gasteiger partial charge in [-0.25, -0.2) is 0 Å². The van der Waals surface area contributed by atoms with Gasteiger partial charge in [0.25, 0.3) is 0 Å². The molecule has 0 bridgehead atoms. The lowest BCUT2D eigenvalue weighted by atomic mass is 9.72. The molecule has 0 heterocycles. The summed E-state index contributed by atoms with van der Waals surface area (Å²) in [6.45, 7) is 29.9. The molecule has 0 saturated carbocycles. The third-order valence-electron chi connectivity index (χ3n) is 13.6. The molecular weight excluding hydrogens is 969 g/mol. The lowest BCUT2D eigenvalue weighted by Gasteiger charge is -2.33. The van der Waals surface area contributed by atoms with Gasteiger partial charge in [-0.3, -0.25) is 19.2 Å². The summed E-state index contributed by atoms with van der Waals surface area (Å²) < 4.78 is 27.7. The largest absolute Gasteiger partial charge is 0.379 e. The van der Waals surface area contributed by atoms with Gasteiger partial charge in [-0.1, -0.05) is 118 Å². The summed E-state index contributed by atoms with van der Waals surface area (Å²) in [6, 6.07) is -0.754. The summed E-state index contributed by atoms with van der Waals surface area (Å²) in [7, 11) is 0. The highest BCUT2D eigenvalue weighted by Gasteiger charge is 2.27. The summed E-state index contributed by atoms with van der Waals surface area (Å²) in [5.41, 5.74) is 10.0. The molecule has 4 N–H and O–H groups in total. The molecule has 432 valence electrons. The number of rotatable bonds is 39. The third-order valence-corrected chi connectivity index (χ3v) is 13.6. The fourth-order valence-electron chi connectivity index (χ4n) is 9.17. The van der Waals surface area contributed by atoms with Crippen LogP contribution in [-0.4, -0.2) is 115 Å².